The molecule has 7 heteroatoms. The van der Waals surface area contributed by atoms with Crippen molar-refractivity contribution in [1.82, 2.24) is 9.97 Å². The van der Waals surface area contributed by atoms with Crippen LogP contribution in [0.1, 0.15) is 18.9 Å². The maximum absolute atomic E-state index is 11.4. The van der Waals surface area contributed by atoms with E-state index in [0.717, 1.165) is 0 Å². The van der Waals surface area contributed by atoms with Gasteiger partial charge in [0.2, 0.25) is 0 Å². The molecule has 2 N–H and O–H groups in total. The number of esters is 1. The first-order valence-corrected chi connectivity index (χ1v) is 5.88. The lowest BCUT2D eigenvalue weighted by Gasteiger charge is -2.04. The summed E-state index contributed by atoms with van der Waals surface area (Å²) in [6.45, 7) is 1.84. The number of carbonyl (C=O) groups excluding carboxylic acids is 1. The molecule has 2 rings (SSSR count). The average Bonchev–Trinajstić information content (AvgIpc) is 2.58. The summed E-state index contributed by atoms with van der Waals surface area (Å²) in [6, 6.07) is 1.88. The van der Waals surface area contributed by atoms with Gasteiger partial charge >= 0.3 is 5.97 Å². The standard InChI is InChI=1S/C10H10N4O2S/c1-5-2-7(9(15)16-5)17-10-13-4-6(3-11)8(12)14-10/h4-5,7H,2H2,1H3,(H2,12,13,14)/t5-,7-/m0/s1. The van der Waals surface area contributed by atoms with Crippen molar-refractivity contribution in [1.29, 1.82) is 5.26 Å². The molecular formula is C10H10N4O2S. The summed E-state index contributed by atoms with van der Waals surface area (Å²) in [7, 11) is 0. The lowest BCUT2D eigenvalue weighted by atomic mass is 10.3. The highest BCUT2D eigenvalue weighted by Gasteiger charge is 2.33. The van der Waals surface area contributed by atoms with Gasteiger partial charge in [-0.25, -0.2) is 9.97 Å². The Bertz CT molecular complexity index is 500. The zero-order valence-corrected chi connectivity index (χ0v) is 9.90. The molecule has 1 fully saturated rings. The fraction of sp³-hybridized carbons (Fsp3) is 0.400. The third-order valence-corrected chi connectivity index (χ3v) is 3.37. The van der Waals surface area contributed by atoms with Crippen LogP contribution in [0.4, 0.5) is 5.82 Å². The Hall–Kier alpha value is -1.81. The van der Waals surface area contributed by atoms with Gasteiger partial charge in [0.15, 0.2) is 5.16 Å². The summed E-state index contributed by atoms with van der Waals surface area (Å²) in [5.41, 5.74) is 5.80. The van der Waals surface area contributed by atoms with Crippen LogP contribution in [0.3, 0.4) is 0 Å². The monoisotopic (exact) mass is 250 g/mol. The Morgan fingerprint density at radius 2 is 2.47 bits per heavy atom. The maximum atomic E-state index is 11.4. The lowest BCUT2D eigenvalue weighted by Crippen LogP contribution is -2.10. The quantitative estimate of drug-likeness (QED) is 0.609. The van der Waals surface area contributed by atoms with E-state index >= 15 is 0 Å². The number of thioether (sulfide) groups is 1. The molecule has 88 valence electrons. The molecule has 0 bridgehead atoms. The van der Waals surface area contributed by atoms with Crippen LogP contribution in [-0.4, -0.2) is 27.3 Å². The SMILES string of the molecule is C[C@H]1C[C@H](Sc2ncc(C#N)c(N)n2)C(=O)O1. The van der Waals surface area contributed by atoms with E-state index < -0.39 is 0 Å². The van der Waals surface area contributed by atoms with E-state index in [1.54, 1.807) is 0 Å². The molecule has 0 spiro atoms. The minimum atomic E-state index is -0.294. The van der Waals surface area contributed by atoms with Crippen LogP contribution in [0, 0.1) is 11.3 Å². The van der Waals surface area contributed by atoms with Crippen molar-refractivity contribution in [3.8, 4) is 6.07 Å². The van der Waals surface area contributed by atoms with E-state index in [1.165, 1.54) is 18.0 Å². The molecule has 2 atom stereocenters. The highest BCUT2D eigenvalue weighted by molar-refractivity contribution is 8.00. The molecule has 2 heterocycles. The number of carbonyl (C=O) groups is 1. The largest absolute Gasteiger partial charge is 0.462 e. The predicted octanol–water partition coefficient (Wildman–Crippen LogP) is 0.727. The summed E-state index contributed by atoms with van der Waals surface area (Å²) in [4.78, 5) is 19.4. The normalized spacial score (nSPS) is 23.2. The van der Waals surface area contributed by atoms with Gasteiger partial charge < -0.3 is 10.5 Å². The zero-order valence-electron chi connectivity index (χ0n) is 9.08. The van der Waals surface area contributed by atoms with E-state index in [2.05, 4.69) is 9.97 Å². The van der Waals surface area contributed by atoms with E-state index in [1.807, 2.05) is 13.0 Å². The number of anilines is 1. The number of nitrogen functional groups attached to an aromatic ring is 1. The van der Waals surface area contributed by atoms with Gasteiger partial charge in [-0.1, -0.05) is 11.8 Å². The van der Waals surface area contributed by atoms with Crippen LogP contribution in [-0.2, 0) is 9.53 Å². The molecule has 17 heavy (non-hydrogen) atoms. The molecule has 1 saturated heterocycles. The molecule has 0 amide bonds. The number of cyclic esters (lactones) is 1. The predicted molar refractivity (Wildman–Crippen MR) is 61.0 cm³/mol. The fourth-order valence-electron chi connectivity index (χ4n) is 1.46. The number of rotatable bonds is 2. The van der Waals surface area contributed by atoms with Gasteiger partial charge in [-0.15, -0.1) is 0 Å². The van der Waals surface area contributed by atoms with Crippen molar-refractivity contribution >= 4 is 23.5 Å². The van der Waals surface area contributed by atoms with Crippen LogP contribution in [0.2, 0.25) is 0 Å². The smallest absolute Gasteiger partial charge is 0.319 e. The second-order valence-corrected chi connectivity index (χ2v) is 4.82. The molecule has 0 aliphatic carbocycles. The lowest BCUT2D eigenvalue weighted by molar-refractivity contribution is -0.140. The van der Waals surface area contributed by atoms with E-state index in [9.17, 15) is 4.79 Å². The summed E-state index contributed by atoms with van der Waals surface area (Å²) >= 11 is 1.21. The van der Waals surface area contributed by atoms with Crippen LogP contribution >= 0.6 is 11.8 Å². The number of nitrogens with two attached hydrogens (primary N) is 1. The molecule has 1 aromatic heterocycles. The molecule has 0 aromatic carbocycles. The summed E-state index contributed by atoms with van der Waals surface area (Å²) in [5.74, 6) is -0.126. The van der Waals surface area contributed by atoms with Crippen molar-refractivity contribution in [2.24, 2.45) is 0 Å². The number of nitrogens with zero attached hydrogens (tertiary/aromatic N) is 3. The van der Waals surface area contributed by atoms with Crippen LogP contribution in [0.15, 0.2) is 11.4 Å². The Kier molecular flexibility index (Phi) is 3.15. The first kappa shape index (κ1) is 11.7. The number of aromatic nitrogens is 2. The molecule has 0 radical (unpaired) electrons. The first-order chi connectivity index (χ1) is 8.10. The number of hydrogen-bond donors (Lipinski definition) is 1. The summed E-state index contributed by atoms with van der Waals surface area (Å²) in [6.07, 6.45) is 1.91. The first-order valence-electron chi connectivity index (χ1n) is 5.00. The van der Waals surface area contributed by atoms with Gasteiger partial charge in [-0.3, -0.25) is 4.79 Å². The second-order valence-electron chi connectivity index (χ2n) is 3.65. The maximum Gasteiger partial charge on any atom is 0.319 e. The minimum Gasteiger partial charge on any atom is -0.462 e. The molecule has 1 aromatic rings. The van der Waals surface area contributed by atoms with Gasteiger partial charge in [0.25, 0.3) is 0 Å². The highest BCUT2D eigenvalue weighted by atomic mass is 32.2. The number of hydrogen-bond acceptors (Lipinski definition) is 7. The van der Waals surface area contributed by atoms with E-state index in [0.29, 0.717) is 11.6 Å². The van der Waals surface area contributed by atoms with Crippen LogP contribution in [0.5, 0.6) is 0 Å². The van der Waals surface area contributed by atoms with Gasteiger partial charge in [0.05, 0.1) is 6.20 Å². The Balaban J connectivity index is 2.12. The molecule has 0 saturated carbocycles. The molecule has 0 unspecified atom stereocenters. The molecule has 6 nitrogen and oxygen atoms in total. The Labute approximate surface area is 102 Å². The third-order valence-electron chi connectivity index (χ3n) is 2.29. The highest BCUT2D eigenvalue weighted by Crippen LogP contribution is 2.30. The van der Waals surface area contributed by atoms with Gasteiger partial charge in [-0.2, -0.15) is 5.26 Å². The van der Waals surface area contributed by atoms with Crippen molar-refractivity contribution in [2.75, 3.05) is 5.73 Å². The third kappa shape index (κ3) is 2.47. The Morgan fingerprint density at radius 3 is 3.00 bits per heavy atom. The van der Waals surface area contributed by atoms with Gasteiger partial charge in [-0.05, 0) is 6.92 Å². The topological polar surface area (TPSA) is 102 Å². The van der Waals surface area contributed by atoms with Crippen molar-refractivity contribution in [3.05, 3.63) is 11.8 Å². The van der Waals surface area contributed by atoms with Gasteiger partial charge in [0.1, 0.15) is 28.8 Å². The van der Waals surface area contributed by atoms with Crippen LogP contribution < -0.4 is 5.73 Å². The molecular weight excluding hydrogens is 240 g/mol. The minimum absolute atomic E-state index is 0.0734. The zero-order chi connectivity index (χ0) is 12.4. The van der Waals surface area contributed by atoms with Crippen molar-refractivity contribution < 1.29 is 9.53 Å². The molecule has 1 aliphatic heterocycles. The number of nitriles is 1. The van der Waals surface area contributed by atoms with E-state index in [-0.39, 0.29) is 28.7 Å². The second kappa shape index (κ2) is 4.59. The molecule has 1 aliphatic rings. The van der Waals surface area contributed by atoms with Gasteiger partial charge in [0, 0.05) is 6.42 Å². The van der Waals surface area contributed by atoms with Crippen LogP contribution in [0.25, 0.3) is 0 Å². The van der Waals surface area contributed by atoms with E-state index in [4.69, 9.17) is 15.7 Å². The van der Waals surface area contributed by atoms with Crippen molar-refractivity contribution in [2.45, 2.75) is 29.9 Å². The summed E-state index contributed by atoms with van der Waals surface area (Å²) < 4.78 is 5.02. The number of ether oxygens (including phenoxy) is 1. The Morgan fingerprint density at radius 1 is 1.71 bits per heavy atom. The average molecular weight is 250 g/mol. The van der Waals surface area contributed by atoms with Crippen molar-refractivity contribution in [3.63, 3.8) is 0 Å². The fourth-order valence-corrected chi connectivity index (χ4v) is 2.50. The summed E-state index contributed by atoms with van der Waals surface area (Å²) in [5, 5.41) is 8.77.